The highest BCUT2D eigenvalue weighted by Gasteiger charge is 2.15. The van der Waals surface area contributed by atoms with Crippen LogP contribution in [0.1, 0.15) is 59.2 Å². The van der Waals surface area contributed by atoms with Gasteiger partial charge in [0.2, 0.25) is 0 Å². The zero-order valence-electron chi connectivity index (χ0n) is 15.8. The summed E-state index contributed by atoms with van der Waals surface area (Å²) in [5, 5.41) is 4.00. The fraction of sp³-hybridized carbons (Fsp3) is 0.529. The molecule has 0 aliphatic heterocycles. The first-order valence-corrected chi connectivity index (χ1v) is 8.60. The molecule has 0 heterocycles. The van der Waals surface area contributed by atoms with E-state index in [9.17, 15) is 8.42 Å². The summed E-state index contributed by atoms with van der Waals surface area (Å²) < 4.78 is 30.8. The molecule has 7 nitrogen and oxygen atoms in total. The highest BCUT2D eigenvalue weighted by atomic mass is 127. The van der Waals surface area contributed by atoms with Crippen molar-refractivity contribution in [3.05, 3.63) is 28.8 Å². The lowest BCUT2D eigenvalue weighted by molar-refractivity contribution is -0.459. The summed E-state index contributed by atoms with van der Waals surface area (Å²) in [4.78, 5) is 0.0260. The molecule has 0 bridgehead atoms. The number of nitrogens with one attached hydrogen (secondary N) is 2. The Labute approximate surface area is 179 Å². The van der Waals surface area contributed by atoms with Crippen LogP contribution in [0.4, 0.5) is 0 Å². The molecule has 1 aromatic rings. The van der Waals surface area contributed by atoms with Crippen LogP contribution in [0, 0.1) is 20.8 Å². The molecule has 1 rings (SSSR count). The Balaban J connectivity index is -0.0000000478. The van der Waals surface area contributed by atoms with Crippen LogP contribution in [0.3, 0.4) is 0 Å². The molecule has 160 valence electrons. The van der Waals surface area contributed by atoms with Crippen LogP contribution in [0.2, 0.25) is 0 Å². The van der Waals surface area contributed by atoms with Crippen molar-refractivity contribution < 1.29 is 47.2 Å². The van der Waals surface area contributed by atoms with Gasteiger partial charge in [0, 0.05) is 0 Å². The van der Waals surface area contributed by atoms with Crippen molar-refractivity contribution in [3.63, 3.8) is 0 Å². The maximum absolute atomic E-state index is 10.9. The van der Waals surface area contributed by atoms with Gasteiger partial charge in [-0.05, 0) is 31.9 Å². The lowest BCUT2D eigenvalue weighted by atomic mass is 10.1. The van der Waals surface area contributed by atoms with Gasteiger partial charge in [-0.3, -0.25) is 4.55 Å². The van der Waals surface area contributed by atoms with Crippen molar-refractivity contribution >= 4 is 23.6 Å². The molecule has 0 radical (unpaired) electrons. The van der Waals surface area contributed by atoms with Gasteiger partial charge in [-0.2, -0.15) is 8.42 Å². The Hall–Kier alpha value is -1.20. The van der Waals surface area contributed by atoms with E-state index in [0.29, 0.717) is 11.1 Å². The molecule has 0 unspecified atom stereocenters. The maximum atomic E-state index is 10.9. The molecule has 0 saturated carbocycles. The largest absolute Gasteiger partial charge is 1.00 e. The van der Waals surface area contributed by atoms with Gasteiger partial charge in [0.15, 0.2) is 13.4 Å². The van der Waals surface area contributed by atoms with Crippen molar-refractivity contribution in [3.8, 4) is 0 Å². The molecule has 0 atom stereocenters. The zero-order valence-corrected chi connectivity index (χ0v) is 18.7. The van der Waals surface area contributed by atoms with E-state index in [1.54, 1.807) is 26.0 Å². The van der Waals surface area contributed by atoms with Gasteiger partial charge < -0.3 is 24.0 Å². The first kappa shape index (κ1) is 44.3. The van der Waals surface area contributed by atoms with Crippen LogP contribution in [0.5, 0.6) is 0 Å². The molecule has 1 aromatic carbocycles. The van der Waals surface area contributed by atoms with E-state index in [4.69, 9.17) is 4.55 Å². The summed E-state index contributed by atoms with van der Waals surface area (Å²) in [6.07, 6.45) is 0. The number of hydrazine groups is 2. The SMILES string of the molecule is C.C.C=[NH+]N.C=[NH+]N.CC.CC.Cc1cc(C)c(S(=O)(=O)O)c(C)c1.[I-]. The van der Waals surface area contributed by atoms with Crippen molar-refractivity contribution in [2.75, 3.05) is 0 Å². The van der Waals surface area contributed by atoms with E-state index in [-0.39, 0.29) is 43.7 Å². The van der Waals surface area contributed by atoms with Crippen molar-refractivity contribution in [2.24, 2.45) is 11.7 Å². The monoisotopic (exact) mass is 509 g/mol. The van der Waals surface area contributed by atoms with Crippen LogP contribution in [-0.4, -0.2) is 26.4 Å². The molecule has 0 aliphatic carbocycles. The van der Waals surface area contributed by atoms with Gasteiger partial charge in [-0.1, -0.05) is 60.2 Å². The molecule has 26 heavy (non-hydrogen) atoms. The summed E-state index contributed by atoms with van der Waals surface area (Å²) in [6.45, 7) is 19.2. The lowest BCUT2D eigenvalue weighted by Crippen LogP contribution is -3.00. The Morgan fingerprint density at radius 2 is 1.08 bits per heavy atom. The molecule has 0 saturated heterocycles. The minimum absolute atomic E-state index is 0. The number of hydrogen-bond donors (Lipinski definition) is 5. The minimum atomic E-state index is -4.08. The third-order valence-corrected chi connectivity index (χ3v) is 3.02. The molecular formula is C17H42IN4O3S+. The fourth-order valence-electron chi connectivity index (χ4n) is 1.57. The maximum Gasteiger partial charge on any atom is 0.295 e. The molecule has 0 spiro atoms. The number of benzene rings is 1. The van der Waals surface area contributed by atoms with E-state index in [1.165, 1.54) is 0 Å². The predicted molar refractivity (Wildman–Crippen MR) is 111 cm³/mol. The number of rotatable bonds is 1. The minimum Gasteiger partial charge on any atom is -1.00 e. The average Bonchev–Trinajstić information content (AvgIpc) is 2.42. The van der Waals surface area contributed by atoms with Gasteiger partial charge in [0.05, 0.1) is 4.90 Å². The van der Waals surface area contributed by atoms with E-state index < -0.39 is 10.1 Å². The molecule has 0 aromatic heterocycles. The average molecular weight is 510 g/mol. The van der Waals surface area contributed by atoms with E-state index in [2.05, 4.69) is 25.1 Å². The van der Waals surface area contributed by atoms with Gasteiger partial charge in [0.25, 0.3) is 10.1 Å². The van der Waals surface area contributed by atoms with Gasteiger partial charge in [0.1, 0.15) is 0 Å². The van der Waals surface area contributed by atoms with Gasteiger partial charge in [-0.25, -0.2) is 11.7 Å². The molecule has 0 fully saturated rings. The highest BCUT2D eigenvalue weighted by molar-refractivity contribution is 7.86. The number of halogens is 1. The summed E-state index contributed by atoms with van der Waals surface area (Å²) in [5.74, 6) is 8.97. The first-order valence-electron chi connectivity index (χ1n) is 7.16. The standard InChI is InChI=1S/C9H12O3S.2C2H6.2CH4N2.2CH4.HI/c1-6-4-7(2)9(8(3)5-6)13(10,11)12;2*1-2;2*1-3-2;;;/h4-5H,1-3H3,(H,10,11,12);2*1-2H3;2*1-2H2;2*1H4;1H/p+1. The predicted octanol–water partition coefficient (Wildman–Crippen LogP) is -2.53. The third kappa shape index (κ3) is 25.0. The van der Waals surface area contributed by atoms with Crippen molar-refractivity contribution in [1.82, 2.24) is 0 Å². The summed E-state index contributed by atoms with van der Waals surface area (Å²) in [5.41, 5.74) is 2.16. The Morgan fingerprint density at radius 3 is 1.23 bits per heavy atom. The van der Waals surface area contributed by atoms with Crippen LogP contribution < -0.4 is 45.9 Å². The summed E-state index contributed by atoms with van der Waals surface area (Å²) >= 11 is 0. The van der Waals surface area contributed by atoms with Crippen LogP contribution >= 0.6 is 0 Å². The second kappa shape index (κ2) is 28.6. The van der Waals surface area contributed by atoms with Crippen molar-refractivity contribution in [1.29, 1.82) is 0 Å². The molecule has 0 aliphatic rings. The van der Waals surface area contributed by atoms with Gasteiger partial charge >= 0.3 is 0 Å². The number of hydrazone groups is 2. The van der Waals surface area contributed by atoms with Crippen LogP contribution in [0.25, 0.3) is 0 Å². The highest BCUT2D eigenvalue weighted by Crippen LogP contribution is 2.20. The molecule has 0 amide bonds. The zero-order chi connectivity index (χ0) is 19.6. The van der Waals surface area contributed by atoms with E-state index in [0.717, 1.165) is 5.56 Å². The van der Waals surface area contributed by atoms with E-state index >= 15 is 0 Å². The first-order chi connectivity index (χ1) is 10.6. The number of hydrogen-bond acceptors (Lipinski definition) is 4. The fourth-order valence-corrected chi connectivity index (χ4v) is 2.51. The number of aryl methyl sites for hydroxylation is 3. The van der Waals surface area contributed by atoms with Crippen molar-refractivity contribution in [2.45, 2.75) is 68.2 Å². The quantitative estimate of drug-likeness (QED) is 0.0936. The van der Waals surface area contributed by atoms with Gasteiger partial charge in [-0.15, -0.1) is 10.2 Å². The second-order valence-electron chi connectivity index (χ2n) is 3.61. The third-order valence-electron chi connectivity index (χ3n) is 1.86. The Kier molecular flexibility index (Phi) is 48.8. The van der Waals surface area contributed by atoms with Crippen LogP contribution in [-0.2, 0) is 10.1 Å². The number of nitrogens with two attached hydrogens (primary N) is 2. The molecule has 9 heteroatoms. The molecular weight excluding hydrogens is 467 g/mol. The Bertz CT molecular complexity index is 508. The normalized spacial score (nSPS) is 7.23. The second-order valence-corrected chi connectivity index (χ2v) is 4.97. The summed E-state index contributed by atoms with van der Waals surface area (Å²) in [7, 11) is -4.08. The summed E-state index contributed by atoms with van der Waals surface area (Å²) in [6, 6.07) is 3.46. The topological polar surface area (TPSA) is 134 Å². The van der Waals surface area contributed by atoms with Crippen LogP contribution in [0.15, 0.2) is 17.0 Å². The smallest absolute Gasteiger partial charge is 0.295 e. The van der Waals surface area contributed by atoms with E-state index in [1.807, 2.05) is 44.8 Å². The Morgan fingerprint density at radius 1 is 0.885 bits per heavy atom. The molecule has 7 N–H and O–H groups in total. The lowest BCUT2D eigenvalue weighted by Gasteiger charge is -2.07.